The van der Waals surface area contributed by atoms with Crippen molar-refractivity contribution >= 4 is 11.4 Å². The first-order chi connectivity index (χ1) is 6.68. The largest absolute Gasteiger partial charge is 0.398 e. The van der Waals surface area contributed by atoms with Crippen LogP contribution in [0.25, 0.3) is 0 Å². The number of aryl methyl sites for hydroxylation is 1. The zero-order valence-corrected chi connectivity index (χ0v) is 8.96. The molecule has 0 spiro atoms. The minimum absolute atomic E-state index is 0.733. The Balaban J connectivity index is 2.18. The van der Waals surface area contributed by atoms with Gasteiger partial charge in [0.05, 0.1) is 0 Å². The highest BCUT2D eigenvalue weighted by Gasteiger charge is 2.22. The monoisotopic (exact) mass is 190 g/mol. The lowest BCUT2D eigenvalue weighted by Gasteiger charge is -2.36. The summed E-state index contributed by atoms with van der Waals surface area (Å²) < 4.78 is 0. The Morgan fingerprint density at radius 2 is 2.07 bits per heavy atom. The number of nitrogens with zero attached hydrogens (tertiary/aromatic N) is 1. The van der Waals surface area contributed by atoms with E-state index in [1.807, 2.05) is 6.92 Å². The molecule has 1 aromatic rings. The van der Waals surface area contributed by atoms with Crippen LogP contribution in [-0.2, 0) is 0 Å². The van der Waals surface area contributed by atoms with Crippen LogP contribution in [0.2, 0.25) is 0 Å². The van der Waals surface area contributed by atoms with Gasteiger partial charge in [0.25, 0.3) is 0 Å². The Bertz CT molecular complexity index is 329. The Hall–Kier alpha value is -1.18. The molecule has 1 saturated carbocycles. The van der Waals surface area contributed by atoms with E-state index in [1.54, 1.807) is 0 Å². The number of anilines is 2. The molecule has 1 aromatic carbocycles. The molecule has 2 nitrogen and oxygen atoms in total. The fourth-order valence-corrected chi connectivity index (χ4v) is 1.83. The summed E-state index contributed by atoms with van der Waals surface area (Å²) in [6.07, 6.45) is 4.02. The molecule has 0 amide bonds. The molecular weight excluding hydrogens is 172 g/mol. The Morgan fingerprint density at radius 3 is 2.57 bits per heavy atom. The first-order valence-corrected chi connectivity index (χ1v) is 5.27. The molecule has 76 valence electrons. The van der Waals surface area contributed by atoms with Gasteiger partial charge in [-0.1, -0.05) is 6.07 Å². The molecule has 2 N–H and O–H groups in total. The number of hydrogen-bond acceptors (Lipinski definition) is 2. The van der Waals surface area contributed by atoms with E-state index in [0.29, 0.717) is 0 Å². The second-order valence-electron chi connectivity index (χ2n) is 4.24. The van der Waals surface area contributed by atoms with E-state index in [0.717, 1.165) is 17.3 Å². The fourth-order valence-electron chi connectivity index (χ4n) is 1.83. The highest BCUT2D eigenvalue weighted by Crippen LogP contribution is 2.29. The molecule has 0 aliphatic heterocycles. The summed E-state index contributed by atoms with van der Waals surface area (Å²) >= 11 is 0. The molecule has 2 heteroatoms. The standard InChI is InChI=1S/C12H18N2/c1-9-6-7-11(8-12(9)13)14(2)10-4-3-5-10/h6-8,10H,3-5,13H2,1-2H3. The summed E-state index contributed by atoms with van der Waals surface area (Å²) in [5, 5.41) is 0. The maximum Gasteiger partial charge on any atom is 0.0386 e. The molecule has 0 unspecified atom stereocenters. The van der Waals surface area contributed by atoms with Gasteiger partial charge in [-0.15, -0.1) is 0 Å². The molecule has 0 atom stereocenters. The molecular formula is C12H18N2. The van der Waals surface area contributed by atoms with E-state index < -0.39 is 0 Å². The summed E-state index contributed by atoms with van der Waals surface area (Å²) in [5.41, 5.74) is 9.20. The van der Waals surface area contributed by atoms with E-state index in [4.69, 9.17) is 5.73 Å². The van der Waals surface area contributed by atoms with Gasteiger partial charge >= 0.3 is 0 Å². The minimum atomic E-state index is 0.733. The van der Waals surface area contributed by atoms with Crippen LogP contribution < -0.4 is 10.6 Å². The van der Waals surface area contributed by atoms with Crippen molar-refractivity contribution in [2.24, 2.45) is 0 Å². The number of nitrogens with two attached hydrogens (primary N) is 1. The van der Waals surface area contributed by atoms with Gasteiger partial charge in [-0.25, -0.2) is 0 Å². The van der Waals surface area contributed by atoms with Crippen LogP contribution >= 0.6 is 0 Å². The molecule has 14 heavy (non-hydrogen) atoms. The Labute approximate surface area is 85.7 Å². The summed E-state index contributed by atoms with van der Waals surface area (Å²) in [7, 11) is 2.16. The van der Waals surface area contributed by atoms with E-state index in [9.17, 15) is 0 Å². The summed E-state index contributed by atoms with van der Waals surface area (Å²) in [6.45, 7) is 2.04. The van der Waals surface area contributed by atoms with Crippen molar-refractivity contribution in [3.05, 3.63) is 23.8 Å². The highest BCUT2D eigenvalue weighted by molar-refractivity contribution is 5.59. The van der Waals surface area contributed by atoms with Gasteiger partial charge in [0.1, 0.15) is 0 Å². The van der Waals surface area contributed by atoms with Gasteiger partial charge in [-0.2, -0.15) is 0 Å². The molecule has 0 heterocycles. The lowest BCUT2D eigenvalue weighted by atomic mass is 9.91. The van der Waals surface area contributed by atoms with Crippen LogP contribution in [0.3, 0.4) is 0 Å². The van der Waals surface area contributed by atoms with Gasteiger partial charge in [0.2, 0.25) is 0 Å². The van der Waals surface area contributed by atoms with Crippen LogP contribution in [-0.4, -0.2) is 13.1 Å². The Kier molecular flexibility index (Phi) is 2.36. The minimum Gasteiger partial charge on any atom is -0.398 e. The molecule has 0 aromatic heterocycles. The lowest BCUT2D eigenvalue weighted by Crippen LogP contribution is -2.37. The number of hydrogen-bond donors (Lipinski definition) is 1. The molecule has 1 aliphatic carbocycles. The second-order valence-corrected chi connectivity index (χ2v) is 4.24. The fraction of sp³-hybridized carbons (Fsp3) is 0.500. The third-order valence-electron chi connectivity index (χ3n) is 3.29. The van der Waals surface area contributed by atoms with E-state index in [2.05, 4.69) is 30.1 Å². The third-order valence-corrected chi connectivity index (χ3v) is 3.29. The molecule has 0 bridgehead atoms. The number of benzene rings is 1. The van der Waals surface area contributed by atoms with Crippen LogP contribution in [0.15, 0.2) is 18.2 Å². The molecule has 2 rings (SSSR count). The van der Waals surface area contributed by atoms with E-state index in [-0.39, 0.29) is 0 Å². The van der Waals surface area contributed by atoms with Crippen molar-refractivity contribution in [1.82, 2.24) is 0 Å². The first-order valence-electron chi connectivity index (χ1n) is 5.27. The van der Waals surface area contributed by atoms with Gasteiger partial charge in [-0.3, -0.25) is 0 Å². The van der Waals surface area contributed by atoms with Gasteiger partial charge in [0, 0.05) is 24.5 Å². The highest BCUT2D eigenvalue weighted by atomic mass is 15.1. The van der Waals surface area contributed by atoms with Crippen molar-refractivity contribution < 1.29 is 0 Å². The van der Waals surface area contributed by atoms with Crippen LogP contribution in [0.5, 0.6) is 0 Å². The lowest BCUT2D eigenvalue weighted by molar-refractivity contribution is 0.401. The SMILES string of the molecule is Cc1ccc(N(C)C2CCC2)cc1N. The number of nitrogen functional groups attached to an aromatic ring is 1. The van der Waals surface area contributed by atoms with Crippen LogP contribution in [0.1, 0.15) is 24.8 Å². The molecule has 1 aliphatic rings. The first kappa shape index (κ1) is 9.38. The Morgan fingerprint density at radius 1 is 1.36 bits per heavy atom. The predicted octanol–water partition coefficient (Wildman–Crippen LogP) is 2.57. The van der Waals surface area contributed by atoms with Crippen molar-refractivity contribution in [3.8, 4) is 0 Å². The normalized spacial score (nSPS) is 16.4. The van der Waals surface area contributed by atoms with E-state index >= 15 is 0 Å². The zero-order chi connectivity index (χ0) is 10.1. The van der Waals surface area contributed by atoms with Crippen LogP contribution in [0, 0.1) is 6.92 Å². The smallest absolute Gasteiger partial charge is 0.0386 e. The summed E-state index contributed by atoms with van der Waals surface area (Å²) in [5.74, 6) is 0. The van der Waals surface area contributed by atoms with Gasteiger partial charge in [0.15, 0.2) is 0 Å². The van der Waals surface area contributed by atoms with Crippen molar-refractivity contribution in [2.45, 2.75) is 32.2 Å². The second kappa shape index (κ2) is 3.52. The van der Waals surface area contributed by atoms with Crippen LogP contribution in [0.4, 0.5) is 11.4 Å². The molecule has 0 radical (unpaired) electrons. The van der Waals surface area contributed by atoms with Gasteiger partial charge in [-0.05, 0) is 43.9 Å². The quantitative estimate of drug-likeness (QED) is 0.726. The average Bonchev–Trinajstić information content (AvgIpc) is 2.06. The third kappa shape index (κ3) is 1.57. The maximum atomic E-state index is 5.89. The number of rotatable bonds is 2. The van der Waals surface area contributed by atoms with Crippen molar-refractivity contribution in [1.29, 1.82) is 0 Å². The topological polar surface area (TPSA) is 29.3 Å². The maximum absolute atomic E-state index is 5.89. The summed E-state index contributed by atoms with van der Waals surface area (Å²) in [4.78, 5) is 2.35. The predicted molar refractivity (Wildman–Crippen MR) is 61.6 cm³/mol. The van der Waals surface area contributed by atoms with Gasteiger partial charge < -0.3 is 10.6 Å². The average molecular weight is 190 g/mol. The van der Waals surface area contributed by atoms with E-state index in [1.165, 1.54) is 24.9 Å². The molecule has 1 fully saturated rings. The van der Waals surface area contributed by atoms with Crippen molar-refractivity contribution in [2.75, 3.05) is 17.7 Å². The van der Waals surface area contributed by atoms with Crippen molar-refractivity contribution in [3.63, 3.8) is 0 Å². The summed E-state index contributed by atoms with van der Waals surface area (Å²) in [6, 6.07) is 7.06. The zero-order valence-electron chi connectivity index (χ0n) is 8.96. The molecule has 0 saturated heterocycles.